The quantitative estimate of drug-likeness (QED) is 0.594. The summed E-state index contributed by atoms with van der Waals surface area (Å²) in [7, 11) is 0. The third-order valence-electron chi connectivity index (χ3n) is 3.47. The maximum absolute atomic E-state index is 12.5. The second-order valence-electron chi connectivity index (χ2n) is 5.01. The molecule has 22 heavy (non-hydrogen) atoms. The third kappa shape index (κ3) is 2.01. The zero-order chi connectivity index (χ0) is 15.1. The Balaban J connectivity index is 1.69. The van der Waals surface area contributed by atoms with Gasteiger partial charge in [-0.05, 0) is 24.3 Å². The van der Waals surface area contributed by atoms with Gasteiger partial charge in [0.05, 0.1) is 17.3 Å². The van der Waals surface area contributed by atoms with E-state index in [2.05, 4.69) is 20.5 Å². The highest BCUT2D eigenvalue weighted by molar-refractivity contribution is 6.12. The van der Waals surface area contributed by atoms with Crippen molar-refractivity contribution < 1.29 is 9.21 Å². The van der Waals surface area contributed by atoms with Gasteiger partial charge in [-0.2, -0.15) is 5.10 Å². The summed E-state index contributed by atoms with van der Waals surface area (Å²) >= 11 is 0. The zero-order valence-corrected chi connectivity index (χ0v) is 11.8. The van der Waals surface area contributed by atoms with Gasteiger partial charge in [0, 0.05) is 18.0 Å². The van der Waals surface area contributed by atoms with Crippen molar-refractivity contribution in [1.29, 1.82) is 0 Å². The summed E-state index contributed by atoms with van der Waals surface area (Å²) in [6.07, 6.45) is 1.69. The highest BCUT2D eigenvalue weighted by Gasteiger charge is 2.12. The van der Waals surface area contributed by atoms with Crippen molar-refractivity contribution >= 4 is 33.6 Å². The van der Waals surface area contributed by atoms with Gasteiger partial charge in [0.15, 0.2) is 11.5 Å². The predicted molar refractivity (Wildman–Crippen MR) is 82.8 cm³/mol. The number of benzene rings is 2. The number of para-hydroxylation sites is 1. The summed E-state index contributed by atoms with van der Waals surface area (Å²) < 4.78 is 5.42. The fourth-order valence-corrected chi connectivity index (χ4v) is 2.48. The number of nitrogens with zero attached hydrogens (tertiary/aromatic N) is 2. The molecule has 0 saturated heterocycles. The summed E-state index contributed by atoms with van der Waals surface area (Å²) in [6, 6.07) is 10.9. The molecule has 2 aromatic heterocycles. The Morgan fingerprint density at radius 2 is 2.18 bits per heavy atom. The van der Waals surface area contributed by atoms with Crippen molar-refractivity contribution in [3.8, 4) is 0 Å². The Morgan fingerprint density at radius 3 is 3.09 bits per heavy atom. The molecule has 1 amide bonds. The number of H-pyrrole nitrogens is 1. The topological polar surface area (TPSA) is 83.8 Å². The summed E-state index contributed by atoms with van der Waals surface area (Å²) in [6.45, 7) is 1.79. The SMILES string of the molecule is Cc1nc2cc(NC(=O)c3cccc4cn[nH]c34)ccc2o1. The van der Waals surface area contributed by atoms with Crippen molar-refractivity contribution in [2.45, 2.75) is 6.92 Å². The molecule has 0 aliphatic heterocycles. The summed E-state index contributed by atoms with van der Waals surface area (Å²) in [5.74, 6) is 0.398. The first kappa shape index (κ1) is 12.6. The number of hydrogen-bond acceptors (Lipinski definition) is 4. The van der Waals surface area contributed by atoms with Crippen molar-refractivity contribution in [3.05, 3.63) is 54.0 Å². The molecule has 0 spiro atoms. The number of aryl methyl sites for hydroxylation is 1. The third-order valence-corrected chi connectivity index (χ3v) is 3.47. The van der Waals surface area contributed by atoms with Crippen LogP contribution in [-0.4, -0.2) is 21.1 Å². The molecule has 0 fully saturated rings. The molecule has 0 radical (unpaired) electrons. The van der Waals surface area contributed by atoms with Crippen LogP contribution in [0.3, 0.4) is 0 Å². The molecule has 0 unspecified atom stereocenters. The van der Waals surface area contributed by atoms with Gasteiger partial charge in [-0.25, -0.2) is 4.98 Å². The lowest BCUT2D eigenvalue weighted by atomic mass is 10.1. The van der Waals surface area contributed by atoms with Crippen LogP contribution in [-0.2, 0) is 0 Å². The Labute approximate surface area is 125 Å². The number of carbonyl (C=O) groups excluding carboxylic acids is 1. The van der Waals surface area contributed by atoms with Crippen molar-refractivity contribution in [2.75, 3.05) is 5.32 Å². The van der Waals surface area contributed by atoms with Crippen LogP contribution in [0.1, 0.15) is 16.2 Å². The molecule has 108 valence electrons. The van der Waals surface area contributed by atoms with Crippen molar-refractivity contribution in [1.82, 2.24) is 15.2 Å². The van der Waals surface area contributed by atoms with Gasteiger partial charge in [-0.15, -0.1) is 0 Å². The lowest BCUT2D eigenvalue weighted by molar-refractivity contribution is 0.102. The molecular formula is C16H12N4O2. The second kappa shape index (κ2) is 4.70. The van der Waals surface area contributed by atoms with Gasteiger partial charge < -0.3 is 9.73 Å². The molecule has 0 atom stereocenters. The molecule has 2 heterocycles. The van der Waals surface area contributed by atoms with Crippen LogP contribution in [0.2, 0.25) is 0 Å². The first-order valence-corrected chi connectivity index (χ1v) is 6.81. The number of fused-ring (bicyclic) bond motifs is 2. The number of amides is 1. The van der Waals surface area contributed by atoms with Crippen LogP contribution in [0.15, 0.2) is 47.0 Å². The molecule has 0 aliphatic carbocycles. The zero-order valence-electron chi connectivity index (χ0n) is 11.8. The Bertz CT molecular complexity index is 1000. The van der Waals surface area contributed by atoms with E-state index in [1.807, 2.05) is 12.1 Å². The average molecular weight is 292 g/mol. The van der Waals surface area contributed by atoms with Crippen LogP contribution in [0.5, 0.6) is 0 Å². The number of nitrogens with one attached hydrogen (secondary N) is 2. The summed E-state index contributed by atoms with van der Waals surface area (Å²) in [5, 5.41) is 10.6. The van der Waals surface area contributed by atoms with E-state index in [-0.39, 0.29) is 5.91 Å². The van der Waals surface area contributed by atoms with Gasteiger partial charge >= 0.3 is 0 Å². The Morgan fingerprint density at radius 1 is 1.27 bits per heavy atom. The number of aromatic amines is 1. The number of hydrogen-bond donors (Lipinski definition) is 2. The van der Waals surface area contributed by atoms with Crippen LogP contribution < -0.4 is 5.32 Å². The minimum atomic E-state index is -0.200. The molecule has 6 heteroatoms. The number of carbonyl (C=O) groups is 1. The van der Waals surface area contributed by atoms with Gasteiger partial charge in [0.1, 0.15) is 5.52 Å². The lowest BCUT2D eigenvalue weighted by Crippen LogP contribution is -2.12. The van der Waals surface area contributed by atoms with E-state index in [1.165, 1.54) is 0 Å². The van der Waals surface area contributed by atoms with Gasteiger partial charge in [-0.1, -0.05) is 12.1 Å². The van der Waals surface area contributed by atoms with E-state index in [9.17, 15) is 4.79 Å². The Hall–Kier alpha value is -3.15. The first-order chi connectivity index (χ1) is 10.7. The molecule has 4 rings (SSSR count). The highest BCUT2D eigenvalue weighted by atomic mass is 16.3. The molecular weight excluding hydrogens is 280 g/mol. The molecule has 6 nitrogen and oxygen atoms in total. The Kier molecular flexibility index (Phi) is 2.69. The smallest absolute Gasteiger partial charge is 0.257 e. The van der Waals surface area contributed by atoms with E-state index in [4.69, 9.17) is 4.42 Å². The van der Waals surface area contributed by atoms with Gasteiger partial charge in [0.25, 0.3) is 5.91 Å². The van der Waals surface area contributed by atoms with E-state index < -0.39 is 0 Å². The molecule has 0 saturated carbocycles. The maximum Gasteiger partial charge on any atom is 0.257 e. The maximum atomic E-state index is 12.5. The van der Waals surface area contributed by atoms with E-state index in [1.54, 1.807) is 37.4 Å². The number of oxazole rings is 1. The minimum absolute atomic E-state index is 0.200. The first-order valence-electron chi connectivity index (χ1n) is 6.81. The van der Waals surface area contributed by atoms with Gasteiger partial charge in [-0.3, -0.25) is 9.89 Å². The summed E-state index contributed by atoms with van der Waals surface area (Å²) in [5.41, 5.74) is 3.35. The standard InChI is InChI=1S/C16H12N4O2/c1-9-18-13-7-11(5-6-14(13)22-9)19-16(21)12-4-2-3-10-8-17-20-15(10)12/h2-8H,1H3,(H,17,20)(H,19,21). The van der Waals surface area contributed by atoms with E-state index >= 15 is 0 Å². The highest BCUT2D eigenvalue weighted by Crippen LogP contribution is 2.21. The van der Waals surface area contributed by atoms with Crippen molar-refractivity contribution in [2.24, 2.45) is 0 Å². The van der Waals surface area contributed by atoms with Crippen molar-refractivity contribution in [3.63, 3.8) is 0 Å². The fraction of sp³-hybridized carbons (Fsp3) is 0.0625. The fourth-order valence-electron chi connectivity index (χ4n) is 2.48. The number of anilines is 1. The van der Waals surface area contributed by atoms with E-state index in [0.717, 1.165) is 16.4 Å². The van der Waals surface area contributed by atoms with Crippen LogP contribution in [0.25, 0.3) is 22.0 Å². The molecule has 2 N–H and O–H groups in total. The second-order valence-corrected chi connectivity index (χ2v) is 5.01. The number of rotatable bonds is 2. The normalized spacial score (nSPS) is 11.1. The monoisotopic (exact) mass is 292 g/mol. The number of aromatic nitrogens is 3. The molecule has 4 aromatic rings. The summed E-state index contributed by atoms with van der Waals surface area (Å²) in [4.78, 5) is 16.7. The van der Waals surface area contributed by atoms with Crippen LogP contribution >= 0.6 is 0 Å². The van der Waals surface area contributed by atoms with Crippen LogP contribution in [0, 0.1) is 6.92 Å². The molecule has 0 bridgehead atoms. The largest absolute Gasteiger partial charge is 0.441 e. The van der Waals surface area contributed by atoms with Gasteiger partial charge in [0.2, 0.25) is 0 Å². The van der Waals surface area contributed by atoms with Crippen LogP contribution in [0.4, 0.5) is 5.69 Å². The van der Waals surface area contributed by atoms with E-state index in [0.29, 0.717) is 22.7 Å². The molecule has 2 aromatic carbocycles. The predicted octanol–water partition coefficient (Wildman–Crippen LogP) is 3.26. The lowest BCUT2D eigenvalue weighted by Gasteiger charge is -2.05. The average Bonchev–Trinajstić information content (AvgIpc) is 3.11. The minimum Gasteiger partial charge on any atom is -0.441 e. The molecule has 0 aliphatic rings.